The molecule has 122 valence electrons. The van der Waals surface area contributed by atoms with E-state index >= 15 is 0 Å². The lowest BCUT2D eigenvalue weighted by Crippen LogP contribution is -2.25. The monoisotopic (exact) mass is 314 g/mol. The van der Waals surface area contributed by atoms with E-state index in [4.69, 9.17) is 4.74 Å². The second-order valence-corrected chi connectivity index (χ2v) is 5.61. The van der Waals surface area contributed by atoms with Gasteiger partial charge < -0.3 is 14.6 Å². The average molecular weight is 314 g/mol. The fourth-order valence-electron chi connectivity index (χ4n) is 2.87. The van der Waals surface area contributed by atoms with Crippen molar-refractivity contribution < 1.29 is 9.53 Å². The lowest BCUT2D eigenvalue weighted by atomic mass is 10.2. The molecule has 1 aromatic heterocycles. The number of aryl methyl sites for hydroxylation is 1. The molecule has 0 aliphatic carbocycles. The third-order valence-corrected chi connectivity index (χ3v) is 4.02. The highest BCUT2D eigenvalue weighted by Crippen LogP contribution is 2.18. The summed E-state index contributed by atoms with van der Waals surface area (Å²) in [6.45, 7) is 3.75. The highest BCUT2D eigenvalue weighted by atomic mass is 16.5. The van der Waals surface area contributed by atoms with E-state index in [1.165, 1.54) is 6.42 Å². The first kappa shape index (κ1) is 15.5. The number of amides is 1. The molecule has 1 aliphatic heterocycles. The normalized spacial score (nSPS) is 14.0. The van der Waals surface area contributed by atoms with Gasteiger partial charge in [0.2, 0.25) is 0 Å². The van der Waals surface area contributed by atoms with Gasteiger partial charge in [0.05, 0.1) is 18.7 Å². The van der Waals surface area contributed by atoms with Gasteiger partial charge in [-0.2, -0.15) is 0 Å². The Kier molecular flexibility index (Phi) is 4.90. The van der Waals surface area contributed by atoms with Crippen molar-refractivity contribution in [1.82, 2.24) is 20.1 Å². The Bertz CT molecular complexity index is 681. The average Bonchev–Trinajstić information content (AvgIpc) is 2.80. The van der Waals surface area contributed by atoms with Gasteiger partial charge in [-0.25, -0.2) is 0 Å². The van der Waals surface area contributed by atoms with Crippen LogP contribution in [0.5, 0.6) is 5.75 Å². The molecular weight excluding hydrogens is 292 g/mol. The zero-order valence-electron chi connectivity index (χ0n) is 13.4. The Labute approximate surface area is 135 Å². The minimum absolute atomic E-state index is 0.153. The van der Waals surface area contributed by atoms with Gasteiger partial charge in [0.1, 0.15) is 11.6 Å². The van der Waals surface area contributed by atoms with E-state index in [2.05, 4.69) is 20.1 Å². The molecule has 1 aliphatic rings. The summed E-state index contributed by atoms with van der Waals surface area (Å²) in [5.41, 5.74) is 0.546. The van der Waals surface area contributed by atoms with Crippen molar-refractivity contribution in [1.29, 1.82) is 0 Å². The SMILES string of the molecule is CCOc1ccccc1C(=O)NCc1nnc2n1CCCCC2. The Morgan fingerprint density at radius 3 is 3.00 bits per heavy atom. The molecule has 0 spiro atoms. The summed E-state index contributed by atoms with van der Waals surface area (Å²) in [6.07, 6.45) is 4.48. The molecular formula is C17H22N4O2. The number of para-hydroxylation sites is 1. The Balaban J connectivity index is 1.69. The summed E-state index contributed by atoms with van der Waals surface area (Å²) in [4.78, 5) is 12.4. The number of hydrogen-bond donors (Lipinski definition) is 1. The topological polar surface area (TPSA) is 69.0 Å². The van der Waals surface area contributed by atoms with Crippen LogP contribution < -0.4 is 10.1 Å². The van der Waals surface area contributed by atoms with E-state index in [9.17, 15) is 4.79 Å². The summed E-state index contributed by atoms with van der Waals surface area (Å²) in [5, 5.41) is 11.4. The van der Waals surface area contributed by atoms with Crippen molar-refractivity contribution in [3.05, 3.63) is 41.5 Å². The van der Waals surface area contributed by atoms with Crippen LogP contribution in [-0.4, -0.2) is 27.3 Å². The number of nitrogens with one attached hydrogen (secondary N) is 1. The van der Waals surface area contributed by atoms with Crippen LogP contribution in [0.1, 0.15) is 48.2 Å². The highest BCUT2D eigenvalue weighted by Gasteiger charge is 2.16. The van der Waals surface area contributed by atoms with Crippen molar-refractivity contribution in [2.45, 2.75) is 45.7 Å². The lowest BCUT2D eigenvalue weighted by Gasteiger charge is -2.11. The fraction of sp³-hybridized carbons (Fsp3) is 0.471. The second kappa shape index (κ2) is 7.26. The number of hydrogen-bond acceptors (Lipinski definition) is 4. The molecule has 0 saturated heterocycles. The first-order valence-electron chi connectivity index (χ1n) is 8.20. The molecule has 3 rings (SSSR count). The molecule has 2 heterocycles. The summed E-state index contributed by atoms with van der Waals surface area (Å²) < 4.78 is 7.65. The van der Waals surface area contributed by atoms with Crippen LogP contribution in [0, 0.1) is 0 Å². The summed E-state index contributed by atoms with van der Waals surface area (Å²) in [6, 6.07) is 7.27. The molecule has 1 N–H and O–H groups in total. The van der Waals surface area contributed by atoms with Gasteiger partial charge in [0.25, 0.3) is 5.91 Å². The fourth-order valence-corrected chi connectivity index (χ4v) is 2.87. The molecule has 6 heteroatoms. The maximum Gasteiger partial charge on any atom is 0.255 e. The molecule has 0 fully saturated rings. The predicted octanol–water partition coefficient (Wildman–Crippen LogP) is 2.33. The maximum absolute atomic E-state index is 12.4. The number of rotatable bonds is 5. The Morgan fingerprint density at radius 2 is 2.13 bits per heavy atom. The molecule has 23 heavy (non-hydrogen) atoms. The first-order valence-corrected chi connectivity index (χ1v) is 8.20. The van der Waals surface area contributed by atoms with Gasteiger partial charge in [-0.05, 0) is 31.9 Å². The van der Waals surface area contributed by atoms with Crippen LogP contribution in [0.15, 0.2) is 24.3 Å². The van der Waals surface area contributed by atoms with E-state index in [1.807, 2.05) is 25.1 Å². The smallest absolute Gasteiger partial charge is 0.255 e. The summed E-state index contributed by atoms with van der Waals surface area (Å²) >= 11 is 0. The Hall–Kier alpha value is -2.37. The number of fused-ring (bicyclic) bond motifs is 1. The van der Waals surface area contributed by atoms with Crippen LogP contribution >= 0.6 is 0 Å². The third kappa shape index (κ3) is 3.52. The first-order chi connectivity index (χ1) is 11.3. The molecule has 0 unspecified atom stereocenters. The van der Waals surface area contributed by atoms with E-state index in [1.54, 1.807) is 6.07 Å². The van der Waals surface area contributed by atoms with Gasteiger partial charge >= 0.3 is 0 Å². The van der Waals surface area contributed by atoms with E-state index in [0.717, 1.165) is 37.5 Å². The number of nitrogens with zero attached hydrogens (tertiary/aromatic N) is 3. The van der Waals surface area contributed by atoms with E-state index < -0.39 is 0 Å². The van der Waals surface area contributed by atoms with Crippen LogP contribution in [-0.2, 0) is 19.5 Å². The zero-order chi connectivity index (χ0) is 16.1. The predicted molar refractivity (Wildman–Crippen MR) is 86.4 cm³/mol. The summed E-state index contributed by atoms with van der Waals surface area (Å²) in [5.74, 6) is 2.30. The van der Waals surface area contributed by atoms with Crippen LogP contribution in [0.2, 0.25) is 0 Å². The van der Waals surface area contributed by atoms with Gasteiger partial charge in [0.15, 0.2) is 5.82 Å². The third-order valence-electron chi connectivity index (χ3n) is 4.02. The van der Waals surface area contributed by atoms with Crippen LogP contribution in [0.3, 0.4) is 0 Å². The summed E-state index contributed by atoms with van der Waals surface area (Å²) in [7, 11) is 0. The zero-order valence-corrected chi connectivity index (χ0v) is 13.4. The van der Waals surface area contributed by atoms with Gasteiger partial charge in [-0.3, -0.25) is 4.79 Å². The van der Waals surface area contributed by atoms with Gasteiger partial charge in [-0.1, -0.05) is 18.6 Å². The quantitative estimate of drug-likeness (QED) is 0.919. The molecule has 0 saturated carbocycles. The maximum atomic E-state index is 12.4. The molecule has 6 nitrogen and oxygen atoms in total. The van der Waals surface area contributed by atoms with Gasteiger partial charge in [-0.15, -0.1) is 10.2 Å². The minimum atomic E-state index is -0.153. The Morgan fingerprint density at radius 1 is 1.26 bits per heavy atom. The minimum Gasteiger partial charge on any atom is -0.493 e. The number of aromatic nitrogens is 3. The standard InChI is InChI=1S/C17H22N4O2/c1-2-23-14-9-6-5-8-13(14)17(22)18-12-16-20-19-15-10-4-3-7-11-21(15)16/h5-6,8-9H,2-4,7,10-12H2,1H3,(H,18,22). The van der Waals surface area contributed by atoms with Crippen LogP contribution in [0.25, 0.3) is 0 Å². The number of carbonyl (C=O) groups is 1. The molecule has 0 bridgehead atoms. The van der Waals surface area contributed by atoms with Crippen molar-refractivity contribution in [2.75, 3.05) is 6.61 Å². The molecule has 1 amide bonds. The van der Waals surface area contributed by atoms with Crippen molar-refractivity contribution in [3.8, 4) is 5.75 Å². The second-order valence-electron chi connectivity index (χ2n) is 5.61. The van der Waals surface area contributed by atoms with Crippen molar-refractivity contribution in [3.63, 3.8) is 0 Å². The van der Waals surface area contributed by atoms with Crippen molar-refractivity contribution in [2.24, 2.45) is 0 Å². The van der Waals surface area contributed by atoms with E-state index in [0.29, 0.717) is 24.5 Å². The lowest BCUT2D eigenvalue weighted by molar-refractivity contribution is 0.0945. The van der Waals surface area contributed by atoms with E-state index in [-0.39, 0.29) is 5.91 Å². The molecule has 1 aromatic carbocycles. The number of ether oxygens (including phenoxy) is 1. The highest BCUT2D eigenvalue weighted by molar-refractivity contribution is 5.96. The molecule has 2 aromatic rings. The van der Waals surface area contributed by atoms with Gasteiger partial charge in [0, 0.05) is 13.0 Å². The molecule has 0 atom stereocenters. The van der Waals surface area contributed by atoms with Crippen molar-refractivity contribution >= 4 is 5.91 Å². The largest absolute Gasteiger partial charge is 0.493 e. The number of carbonyl (C=O) groups excluding carboxylic acids is 1. The molecule has 0 radical (unpaired) electrons. The number of benzene rings is 1. The van der Waals surface area contributed by atoms with Crippen LogP contribution in [0.4, 0.5) is 0 Å².